The second-order valence-electron chi connectivity index (χ2n) is 4.85. The molecule has 108 valence electrons. The summed E-state index contributed by atoms with van der Waals surface area (Å²) in [6.07, 6.45) is -2.60. The highest BCUT2D eigenvalue weighted by molar-refractivity contribution is 5.83. The first kappa shape index (κ1) is 13.7. The molecule has 0 aliphatic rings. The predicted molar refractivity (Wildman–Crippen MR) is 72.5 cm³/mol. The number of para-hydroxylation sites is 1. The molecule has 3 aromatic rings. The van der Waals surface area contributed by atoms with E-state index in [2.05, 4.69) is 4.98 Å². The second kappa shape index (κ2) is 4.91. The van der Waals surface area contributed by atoms with Crippen molar-refractivity contribution in [1.82, 2.24) is 4.98 Å². The Morgan fingerprint density at radius 1 is 1.00 bits per heavy atom. The van der Waals surface area contributed by atoms with Gasteiger partial charge in [0.05, 0.1) is 5.56 Å². The minimum Gasteiger partial charge on any atom is -0.361 e. The van der Waals surface area contributed by atoms with Crippen LogP contribution >= 0.6 is 0 Å². The average molecular weight is 293 g/mol. The van der Waals surface area contributed by atoms with E-state index < -0.39 is 17.6 Å². The largest absolute Gasteiger partial charge is 0.419 e. The number of halogens is 4. The Hall–Kier alpha value is -2.30. The van der Waals surface area contributed by atoms with Crippen LogP contribution in [0, 0.1) is 5.82 Å². The first-order chi connectivity index (χ1) is 9.95. The van der Waals surface area contributed by atoms with Gasteiger partial charge in [-0.3, -0.25) is 0 Å². The summed E-state index contributed by atoms with van der Waals surface area (Å²) in [4.78, 5) is 3.07. The fourth-order valence-electron chi connectivity index (χ4n) is 2.40. The van der Waals surface area contributed by atoms with E-state index in [1.807, 2.05) is 24.3 Å². The van der Waals surface area contributed by atoms with Crippen molar-refractivity contribution >= 4 is 10.9 Å². The molecule has 0 radical (unpaired) electrons. The number of nitrogens with one attached hydrogen (secondary N) is 1. The Balaban J connectivity index is 1.99. The molecule has 0 saturated heterocycles. The number of rotatable bonds is 2. The maximum Gasteiger partial charge on any atom is 0.419 e. The standard InChI is InChI=1S/C16H11F4N/c17-14-6-5-10(8-13(14)16(18,19)20)7-11-9-21-15-4-2-1-3-12(11)15/h1-6,8-9,21H,7H2. The quantitative estimate of drug-likeness (QED) is 0.646. The third-order valence-corrected chi connectivity index (χ3v) is 3.41. The molecule has 0 spiro atoms. The van der Waals surface area contributed by atoms with Crippen molar-refractivity contribution in [2.24, 2.45) is 0 Å². The van der Waals surface area contributed by atoms with E-state index in [4.69, 9.17) is 0 Å². The van der Waals surface area contributed by atoms with Gasteiger partial charge in [0.1, 0.15) is 5.82 Å². The van der Waals surface area contributed by atoms with Crippen LogP contribution in [0.5, 0.6) is 0 Å². The summed E-state index contributed by atoms with van der Waals surface area (Å²) in [7, 11) is 0. The van der Waals surface area contributed by atoms with Gasteiger partial charge < -0.3 is 4.98 Å². The topological polar surface area (TPSA) is 15.8 Å². The first-order valence-electron chi connectivity index (χ1n) is 6.36. The lowest BCUT2D eigenvalue weighted by Crippen LogP contribution is -2.08. The molecule has 1 heterocycles. The Labute approximate surface area is 118 Å². The number of hydrogen-bond acceptors (Lipinski definition) is 0. The Bertz CT molecular complexity index is 786. The van der Waals surface area contributed by atoms with Gasteiger partial charge in [0, 0.05) is 17.1 Å². The number of hydrogen-bond donors (Lipinski definition) is 1. The zero-order valence-electron chi connectivity index (χ0n) is 10.8. The van der Waals surface area contributed by atoms with Gasteiger partial charge in [-0.1, -0.05) is 24.3 Å². The summed E-state index contributed by atoms with van der Waals surface area (Å²) in [5.41, 5.74) is 1.00. The Morgan fingerprint density at radius 2 is 1.76 bits per heavy atom. The highest BCUT2D eigenvalue weighted by atomic mass is 19.4. The molecular formula is C16H11F4N. The van der Waals surface area contributed by atoms with Crippen LogP contribution < -0.4 is 0 Å². The fourth-order valence-corrected chi connectivity index (χ4v) is 2.40. The number of alkyl halides is 3. The molecule has 1 N–H and O–H groups in total. The summed E-state index contributed by atoms with van der Waals surface area (Å²) >= 11 is 0. The molecule has 0 atom stereocenters. The van der Waals surface area contributed by atoms with Gasteiger partial charge in [-0.05, 0) is 35.7 Å². The van der Waals surface area contributed by atoms with Gasteiger partial charge in [-0.2, -0.15) is 13.2 Å². The molecule has 3 rings (SSSR count). The van der Waals surface area contributed by atoms with Crippen molar-refractivity contribution < 1.29 is 17.6 Å². The summed E-state index contributed by atoms with van der Waals surface area (Å²) in [5.74, 6) is -1.25. The van der Waals surface area contributed by atoms with Gasteiger partial charge in [0.2, 0.25) is 0 Å². The molecule has 21 heavy (non-hydrogen) atoms. The van der Waals surface area contributed by atoms with Crippen molar-refractivity contribution in [3.63, 3.8) is 0 Å². The van der Waals surface area contributed by atoms with Crippen molar-refractivity contribution in [2.45, 2.75) is 12.6 Å². The predicted octanol–water partition coefficient (Wildman–Crippen LogP) is 4.92. The van der Waals surface area contributed by atoms with E-state index in [0.717, 1.165) is 28.6 Å². The van der Waals surface area contributed by atoms with Crippen LogP contribution in [0.1, 0.15) is 16.7 Å². The van der Waals surface area contributed by atoms with Crippen molar-refractivity contribution in [2.75, 3.05) is 0 Å². The van der Waals surface area contributed by atoms with E-state index in [0.29, 0.717) is 12.0 Å². The third-order valence-electron chi connectivity index (χ3n) is 3.41. The zero-order valence-corrected chi connectivity index (χ0v) is 10.8. The molecule has 0 amide bonds. The minimum atomic E-state index is -4.68. The minimum absolute atomic E-state index is 0.313. The summed E-state index contributed by atoms with van der Waals surface area (Å²) in [6.45, 7) is 0. The van der Waals surface area contributed by atoms with E-state index in [1.165, 1.54) is 6.07 Å². The second-order valence-corrected chi connectivity index (χ2v) is 4.85. The third kappa shape index (κ3) is 2.63. The molecular weight excluding hydrogens is 282 g/mol. The lowest BCUT2D eigenvalue weighted by atomic mass is 10.0. The molecule has 2 aromatic carbocycles. The lowest BCUT2D eigenvalue weighted by molar-refractivity contribution is -0.140. The van der Waals surface area contributed by atoms with Gasteiger partial charge >= 0.3 is 6.18 Å². The Morgan fingerprint density at radius 3 is 2.52 bits per heavy atom. The van der Waals surface area contributed by atoms with Crippen LogP contribution in [0.15, 0.2) is 48.7 Å². The molecule has 5 heteroatoms. The van der Waals surface area contributed by atoms with Crippen LogP contribution in [0.2, 0.25) is 0 Å². The van der Waals surface area contributed by atoms with Crippen LogP contribution in [0.25, 0.3) is 10.9 Å². The van der Waals surface area contributed by atoms with E-state index in [9.17, 15) is 17.6 Å². The maximum atomic E-state index is 13.3. The van der Waals surface area contributed by atoms with Crippen molar-refractivity contribution in [1.29, 1.82) is 0 Å². The summed E-state index contributed by atoms with van der Waals surface area (Å²) in [6, 6.07) is 10.7. The molecule has 0 bridgehead atoms. The van der Waals surface area contributed by atoms with E-state index >= 15 is 0 Å². The number of H-pyrrole nitrogens is 1. The number of aromatic nitrogens is 1. The normalized spacial score (nSPS) is 12.0. The SMILES string of the molecule is Fc1ccc(Cc2c[nH]c3ccccc23)cc1C(F)(F)F. The maximum absolute atomic E-state index is 13.3. The van der Waals surface area contributed by atoms with Crippen LogP contribution in [-0.4, -0.2) is 4.98 Å². The van der Waals surface area contributed by atoms with Crippen LogP contribution in [0.3, 0.4) is 0 Å². The molecule has 0 unspecified atom stereocenters. The van der Waals surface area contributed by atoms with Crippen LogP contribution in [-0.2, 0) is 12.6 Å². The van der Waals surface area contributed by atoms with E-state index in [-0.39, 0.29) is 0 Å². The average Bonchev–Trinajstić information content (AvgIpc) is 2.83. The molecule has 0 aliphatic carbocycles. The highest BCUT2D eigenvalue weighted by Gasteiger charge is 2.34. The molecule has 1 nitrogen and oxygen atoms in total. The van der Waals surface area contributed by atoms with Gasteiger partial charge in [0.15, 0.2) is 0 Å². The molecule has 1 aromatic heterocycles. The van der Waals surface area contributed by atoms with Crippen LogP contribution in [0.4, 0.5) is 17.6 Å². The number of benzene rings is 2. The fraction of sp³-hybridized carbons (Fsp3) is 0.125. The van der Waals surface area contributed by atoms with Crippen molar-refractivity contribution in [3.05, 3.63) is 71.2 Å². The van der Waals surface area contributed by atoms with Gasteiger partial charge in [0.25, 0.3) is 0 Å². The van der Waals surface area contributed by atoms with E-state index in [1.54, 1.807) is 6.20 Å². The molecule has 0 fully saturated rings. The highest BCUT2D eigenvalue weighted by Crippen LogP contribution is 2.32. The van der Waals surface area contributed by atoms with Crippen molar-refractivity contribution in [3.8, 4) is 0 Å². The number of aromatic amines is 1. The monoisotopic (exact) mass is 293 g/mol. The smallest absolute Gasteiger partial charge is 0.361 e. The van der Waals surface area contributed by atoms with Gasteiger partial charge in [-0.15, -0.1) is 0 Å². The molecule has 0 aliphatic heterocycles. The summed E-state index contributed by atoms with van der Waals surface area (Å²) < 4.78 is 51.4. The number of fused-ring (bicyclic) bond motifs is 1. The summed E-state index contributed by atoms with van der Waals surface area (Å²) in [5, 5.41) is 0.954. The first-order valence-corrected chi connectivity index (χ1v) is 6.36. The molecule has 0 saturated carbocycles. The van der Waals surface area contributed by atoms with Gasteiger partial charge in [-0.25, -0.2) is 4.39 Å². The lowest BCUT2D eigenvalue weighted by Gasteiger charge is -2.10. The Kier molecular flexibility index (Phi) is 3.20. The zero-order chi connectivity index (χ0) is 15.0.